The number of aromatic nitrogens is 1. The Hall–Kier alpha value is -2.93. The number of carbonyl (C=O) groups excluding carboxylic acids is 2. The first-order valence-electron chi connectivity index (χ1n) is 8.99. The van der Waals surface area contributed by atoms with Crippen LogP contribution >= 0.6 is 11.3 Å². The van der Waals surface area contributed by atoms with Crippen LogP contribution < -0.4 is 9.54 Å². The molecule has 0 aliphatic carbocycles. The molecule has 0 fully saturated rings. The molecule has 0 radical (unpaired) electrons. The fourth-order valence-electron chi connectivity index (χ4n) is 2.74. The van der Waals surface area contributed by atoms with E-state index in [1.807, 2.05) is 50.2 Å². The van der Waals surface area contributed by atoms with Gasteiger partial charge in [-0.25, -0.2) is 0 Å². The van der Waals surface area contributed by atoms with Gasteiger partial charge in [0.1, 0.15) is 12.3 Å². The number of hydrogen-bond donors (Lipinski definition) is 0. The molecule has 3 rings (SSSR count). The molecule has 0 bridgehead atoms. The van der Waals surface area contributed by atoms with E-state index in [1.54, 1.807) is 17.6 Å². The topological polar surface area (TPSA) is 69.9 Å². The molecule has 0 saturated heterocycles. The molecule has 0 N–H and O–H groups in total. The Labute approximate surface area is 167 Å². The van der Waals surface area contributed by atoms with Crippen LogP contribution in [0.15, 0.2) is 47.5 Å². The predicted octanol–water partition coefficient (Wildman–Crippen LogP) is 3.39. The largest absolute Gasteiger partial charge is 0.484 e. The summed E-state index contributed by atoms with van der Waals surface area (Å²) in [7, 11) is 0. The molecule has 0 unspecified atom stereocenters. The molecular weight excluding hydrogens is 376 g/mol. The summed E-state index contributed by atoms with van der Waals surface area (Å²) >= 11 is 1.36. The molecule has 0 saturated carbocycles. The van der Waals surface area contributed by atoms with Gasteiger partial charge in [0, 0.05) is 0 Å². The van der Waals surface area contributed by atoms with Gasteiger partial charge in [-0.1, -0.05) is 29.5 Å². The van der Waals surface area contributed by atoms with Crippen LogP contribution in [0.5, 0.6) is 5.75 Å². The lowest BCUT2D eigenvalue weighted by atomic mass is 10.2. The lowest BCUT2D eigenvalue weighted by Gasteiger charge is -2.06. The second-order valence-corrected chi connectivity index (χ2v) is 7.37. The lowest BCUT2D eigenvalue weighted by Crippen LogP contribution is -2.24. The molecule has 2 aromatic carbocycles. The van der Waals surface area contributed by atoms with Crippen LogP contribution in [0.3, 0.4) is 0 Å². The fourth-order valence-corrected chi connectivity index (χ4v) is 3.89. The van der Waals surface area contributed by atoms with Gasteiger partial charge in [-0.15, -0.1) is 0 Å². The van der Waals surface area contributed by atoms with E-state index in [2.05, 4.69) is 4.99 Å². The molecule has 1 heterocycles. The molecule has 0 atom stereocenters. The van der Waals surface area contributed by atoms with E-state index in [0.29, 0.717) is 17.2 Å². The number of ether oxygens (including phenoxy) is 2. The van der Waals surface area contributed by atoms with E-state index in [4.69, 9.17) is 9.47 Å². The third kappa shape index (κ3) is 4.86. The SMILES string of the molecule is CCOC(=O)Cn1c(=NC(=O)COc2cccc(C)c2)sc2cc(C)ccc21. The highest BCUT2D eigenvalue weighted by Gasteiger charge is 2.12. The van der Waals surface area contributed by atoms with Gasteiger partial charge >= 0.3 is 5.97 Å². The van der Waals surface area contributed by atoms with E-state index in [9.17, 15) is 9.59 Å². The van der Waals surface area contributed by atoms with Gasteiger partial charge in [-0.05, 0) is 56.2 Å². The summed E-state index contributed by atoms with van der Waals surface area (Å²) in [4.78, 5) is 29.0. The van der Waals surface area contributed by atoms with Gasteiger partial charge in [-0.2, -0.15) is 4.99 Å². The Kier molecular flexibility index (Phi) is 6.26. The molecule has 3 aromatic rings. The Morgan fingerprint density at radius 2 is 1.89 bits per heavy atom. The molecule has 0 aliphatic rings. The number of carbonyl (C=O) groups is 2. The number of amides is 1. The quantitative estimate of drug-likeness (QED) is 0.597. The predicted molar refractivity (Wildman–Crippen MR) is 108 cm³/mol. The Morgan fingerprint density at radius 3 is 2.64 bits per heavy atom. The minimum atomic E-state index is -0.414. The van der Waals surface area contributed by atoms with Crippen LogP contribution in [0.4, 0.5) is 0 Å². The van der Waals surface area contributed by atoms with Crippen molar-refractivity contribution in [3.05, 3.63) is 58.4 Å². The fraction of sp³-hybridized carbons (Fsp3) is 0.286. The smallest absolute Gasteiger partial charge is 0.326 e. The van der Waals surface area contributed by atoms with Crippen molar-refractivity contribution in [2.75, 3.05) is 13.2 Å². The standard InChI is InChI=1S/C21H22N2O4S/c1-4-26-20(25)12-23-17-9-8-15(3)11-18(17)28-21(23)22-19(24)13-27-16-7-5-6-14(2)10-16/h5-11H,4,12-13H2,1-3H3. The third-order valence-corrected chi connectivity index (χ3v) is 5.04. The molecular formula is C21H22N2O4S. The zero-order chi connectivity index (χ0) is 20.1. The maximum atomic E-state index is 12.4. The number of hydrogen-bond acceptors (Lipinski definition) is 5. The third-order valence-electron chi connectivity index (χ3n) is 4.00. The maximum absolute atomic E-state index is 12.4. The normalized spacial score (nSPS) is 11.6. The first kappa shape index (κ1) is 19.8. The number of benzene rings is 2. The average molecular weight is 398 g/mol. The van der Waals surface area contributed by atoms with E-state index in [-0.39, 0.29) is 19.1 Å². The molecule has 6 nitrogen and oxygen atoms in total. The monoisotopic (exact) mass is 398 g/mol. The minimum absolute atomic E-state index is 0.00174. The molecule has 1 amide bonds. The summed E-state index contributed by atoms with van der Waals surface area (Å²) in [6.07, 6.45) is 0. The zero-order valence-electron chi connectivity index (χ0n) is 16.1. The van der Waals surface area contributed by atoms with Crippen molar-refractivity contribution in [2.45, 2.75) is 27.3 Å². The number of thiazole rings is 1. The molecule has 7 heteroatoms. The molecule has 0 aliphatic heterocycles. The second kappa shape index (κ2) is 8.84. The van der Waals surface area contributed by atoms with E-state index in [1.165, 1.54) is 11.3 Å². The van der Waals surface area contributed by atoms with Crippen molar-refractivity contribution in [1.82, 2.24) is 4.57 Å². The van der Waals surface area contributed by atoms with Crippen molar-refractivity contribution in [3.8, 4) is 5.75 Å². The Bertz CT molecular complexity index is 1080. The van der Waals surface area contributed by atoms with Crippen LogP contribution in [0.1, 0.15) is 18.1 Å². The number of fused-ring (bicyclic) bond motifs is 1. The van der Waals surface area contributed by atoms with Crippen molar-refractivity contribution >= 4 is 33.4 Å². The number of rotatable bonds is 6. The van der Waals surface area contributed by atoms with Gasteiger partial charge in [0.25, 0.3) is 5.91 Å². The number of nitrogens with zero attached hydrogens (tertiary/aromatic N) is 2. The first-order valence-corrected chi connectivity index (χ1v) is 9.80. The Morgan fingerprint density at radius 1 is 1.11 bits per heavy atom. The number of esters is 1. The van der Waals surface area contributed by atoms with Crippen molar-refractivity contribution in [1.29, 1.82) is 0 Å². The molecule has 28 heavy (non-hydrogen) atoms. The lowest BCUT2D eigenvalue weighted by molar-refractivity contribution is -0.143. The summed E-state index contributed by atoms with van der Waals surface area (Å²) in [5.41, 5.74) is 2.99. The highest BCUT2D eigenvalue weighted by atomic mass is 32.1. The van der Waals surface area contributed by atoms with E-state index < -0.39 is 5.91 Å². The van der Waals surface area contributed by atoms with Gasteiger partial charge in [-0.3, -0.25) is 9.59 Å². The molecule has 0 spiro atoms. The van der Waals surface area contributed by atoms with Crippen LogP contribution in [-0.2, 0) is 20.9 Å². The summed E-state index contributed by atoms with van der Waals surface area (Å²) in [5, 5.41) is 0. The maximum Gasteiger partial charge on any atom is 0.326 e. The van der Waals surface area contributed by atoms with Gasteiger partial charge in [0.15, 0.2) is 11.4 Å². The summed E-state index contributed by atoms with van der Waals surface area (Å²) in [5.74, 6) is -0.162. The Balaban J connectivity index is 1.89. The van der Waals surface area contributed by atoms with Gasteiger partial charge in [0.05, 0.1) is 16.8 Å². The van der Waals surface area contributed by atoms with Crippen molar-refractivity contribution in [3.63, 3.8) is 0 Å². The van der Waals surface area contributed by atoms with Crippen LogP contribution in [0.25, 0.3) is 10.2 Å². The highest BCUT2D eigenvalue weighted by Crippen LogP contribution is 2.19. The highest BCUT2D eigenvalue weighted by molar-refractivity contribution is 7.16. The van der Waals surface area contributed by atoms with E-state index >= 15 is 0 Å². The van der Waals surface area contributed by atoms with Crippen LogP contribution in [0.2, 0.25) is 0 Å². The number of aryl methyl sites for hydroxylation is 2. The van der Waals surface area contributed by atoms with Crippen LogP contribution in [0, 0.1) is 13.8 Å². The zero-order valence-corrected chi connectivity index (χ0v) is 16.9. The summed E-state index contributed by atoms with van der Waals surface area (Å²) < 4.78 is 13.3. The van der Waals surface area contributed by atoms with Crippen LogP contribution in [-0.4, -0.2) is 29.7 Å². The summed E-state index contributed by atoms with van der Waals surface area (Å²) in [6, 6.07) is 13.4. The molecule has 1 aromatic heterocycles. The average Bonchev–Trinajstić information content (AvgIpc) is 2.96. The molecule has 146 valence electrons. The first-order chi connectivity index (χ1) is 13.5. The van der Waals surface area contributed by atoms with Gasteiger partial charge < -0.3 is 14.0 Å². The van der Waals surface area contributed by atoms with Crippen molar-refractivity contribution in [2.24, 2.45) is 4.99 Å². The summed E-state index contributed by atoms with van der Waals surface area (Å²) in [6.45, 7) is 5.84. The second-order valence-electron chi connectivity index (χ2n) is 6.36. The van der Waals surface area contributed by atoms with Gasteiger partial charge in [0.2, 0.25) is 0 Å². The van der Waals surface area contributed by atoms with E-state index in [0.717, 1.165) is 21.3 Å². The minimum Gasteiger partial charge on any atom is -0.484 e. The van der Waals surface area contributed by atoms with Crippen molar-refractivity contribution < 1.29 is 19.1 Å².